The van der Waals surface area contributed by atoms with Gasteiger partial charge in [-0.3, -0.25) is 18.6 Å². The van der Waals surface area contributed by atoms with E-state index < -0.39 is 57.9 Å². The minimum absolute atomic E-state index is 0.0644. The van der Waals surface area contributed by atoms with E-state index in [-0.39, 0.29) is 19.4 Å². The van der Waals surface area contributed by atoms with Crippen molar-refractivity contribution in [2.45, 2.75) is 167 Å². The number of allylic oxidation sites excluding steroid dienone is 12. The van der Waals surface area contributed by atoms with Crippen molar-refractivity contribution in [1.29, 1.82) is 0 Å². The highest BCUT2D eigenvalue weighted by molar-refractivity contribution is 7.47. The molecule has 0 bridgehead atoms. The summed E-state index contributed by atoms with van der Waals surface area (Å²) < 4.78 is 32.6. The van der Waals surface area contributed by atoms with Crippen LogP contribution in [0.2, 0.25) is 0 Å². The fourth-order valence-electron chi connectivity index (χ4n) is 5.19. The Labute approximate surface area is 350 Å². The molecule has 4 N–H and O–H groups in total. The highest BCUT2D eigenvalue weighted by atomic mass is 31.2. The van der Waals surface area contributed by atoms with Crippen LogP contribution >= 0.6 is 7.82 Å². The number of carbonyl (C=O) groups excluding carboxylic acids is 2. The molecule has 0 spiro atoms. The van der Waals surface area contributed by atoms with E-state index in [0.29, 0.717) is 32.1 Å². The Kier molecular flexibility index (Phi) is 38.8. The number of ether oxygens (including phenoxy) is 2. The molecule has 58 heavy (non-hydrogen) atoms. The van der Waals surface area contributed by atoms with Crippen LogP contribution in [0, 0.1) is 0 Å². The Morgan fingerprint density at radius 3 is 1.72 bits per heavy atom. The summed E-state index contributed by atoms with van der Waals surface area (Å²) in [4.78, 5) is 35.0. The lowest BCUT2D eigenvalue weighted by atomic mass is 10.1. The number of hydrogen-bond acceptors (Lipinski definition) is 10. The molecule has 0 aromatic rings. The van der Waals surface area contributed by atoms with E-state index in [1.807, 2.05) is 36.5 Å². The van der Waals surface area contributed by atoms with Gasteiger partial charge in [-0.05, 0) is 83.5 Å². The van der Waals surface area contributed by atoms with E-state index in [9.17, 15) is 29.3 Å². The molecule has 332 valence electrons. The molecule has 0 aliphatic carbocycles. The highest BCUT2D eigenvalue weighted by Crippen LogP contribution is 2.43. The van der Waals surface area contributed by atoms with E-state index in [1.54, 1.807) is 6.08 Å². The number of carbonyl (C=O) groups is 2. The molecule has 0 heterocycles. The zero-order valence-corrected chi connectivity index (χ0v) is 36.5. The van der Waals surface area contributed by atoms with Gasteiger partial charge in [0.25, 0.3) is 0 Å². The predicted molar refractivity (Wildman–Crippen MR) is 234 cm³/mol. The third-order valence-electron chi connectivity index (χ3n) is 8.60. The minimum Gasteiger partial charge on any atom is -0.462 e. The van der Waals surface area contributed by atoms with E-state index in [4.69, 9.17) is 19.1 Å². The summed E-state index contributed by atoms with van der Waals surface area (Å²) in [6, 6.07) is 0. The normalized spacial score (nSPS) is 15.2. The maximum absolute atomic E-state index is 12.6. The molecular formula is C46H77O11P. The van der Waals surface area contributed by atoms with Gasteiger partial charge in [0, 0.05) is 12.8 Å². The number of aliphatic hydroxyl groups excluding tert-OH is 3. The van der Waals surface area contributed by atoms with Crippen LogP contribution in [0.5, 0.6) is 0 Å². The fraction of sp³-hybridized carbons (Fsp3) is 0.652. The van der Waals surface area contributed by atoms with Crippen LogP contribution in [0.15, 0.2) is 85.1 Å². The number of aliphatic hydroxyl groups is 3. The largest absolute Gasteiger partial charge is 0.472 e. The van der Waals surface area contributed by atoms with Crippen molar-refractivity contribution >= 4 is 19.8 Å². The van der Waals surface area contributed by atoms with Gasteiger partial charge in [0.15, 0.2) is 6.10 Å². The molecule has 4 atom stereocenters. The Balaban J connectivity index is 4.52. The predicted octanol–water partition coefficient (Wildman–Crippen LogP) is 10.4. The third-order valence-corrected chi connectivity index (χ3v) is 9.55. The molecule has 0 aliphatic rings. The smallest absolute Gasteiger partial charge is 0.462 e. The van der Waals surface area contributed by atoms with Gasteiger partial charge >= 0.3 is 19.8 Å². The second-order valence-corrected chi connectivity index (χ2v) is 15.7. The molecule has 0 fully saturated rings. The Hall–Kier alpha value is -2.89. The second-order valence-electron chi connectivity index (χ2n) is 14.2. The second kappa shape index (κ2) is 40.9. The van der Waals surface area contributed by atoms with Gasteiger partial charge in [0.2, 0.25) is 0 Å². The molecule has 1 unspecified atom stereocenters. The molecular weight excluding hydrogens is 759 g/mol. The number of phosphoric acid groups is 1. The quantitative estimate of drug-likeness (QED) is 0.0153. The molecule has 0 rings (SSSR count). The summed E-state index contributed by atoms with van der Waals surface area (Å²) in [5.41, 5.74) is 0. The molecule has 11 nitrogen and oxygen atoms in total. The van der Waals surface area contributed by atoms with Crippen molar-refractivity contribution in [1.82, 2.24) is 0 Å². The standard InChI is InChI=1S/C46H77O11P/c1-3-5-7-9-11-12-13-14-15-16-17-18-19-20-24-28-32-36-45(50)54-40-44(41-56-58(52,53)55-39-43(49)38-47)57-46(51)37-33-29-25-21-23-27-31-35-42(48)34-30-26-22-10-8-6-4-2/h11-12,14-15,17-18,21-22,25-27,30-31,34,42-44,47-49H,3-10,13,16,19-20,23-24,28-29,32-33,35-41H2,1-2H3,(H,52,53)/b12-11-,15-14-,18-17-,25-21+,26-22-,31-27-,34-30-/t42-,43-,44+/m0/s1. The molecule has 12 heteroatoms. The SMILES string of the molecule is CCCCC/C=C\C=C/[C@H](O)C/C=C\C/C=C/CCCC(=O)O[C@H](COC(=O)CCCCCC/C=C\C/C=C\C/C=C\CCCCC)COP(=O)(O)OC[C@@H](O)CO. The lowest BCUT2D eigenvalue weighted by Crippen LogP contribution is -2.29. The molecule has 0 saturated carbocycles. The number of unbranched alkanes of at least 4 members (excludes halogenated alkanes) is 11. The number of esters is 2. The van der Waals surface area contributed by atoms with E-state index in [1.165, 1.54) is 38.5 Å². The first kappa shape index (κ1) is 55.1. The van der Waals surface area contributed by atoms with Gasteiger partial charge in [-0.2, -0.15) is 0 Å². The Morgan fingerprint density at radius 2 is 1.10 bits per heavy atom. The van der Waals surface area contributed by atoms with Crippen LogP contribution in [-0.2, 0) is 32.7 Å². The maximum Gasteiger partial charge on any atom is 0.472 e. The van der Waals surface area contributed by atoms with Crippen molar-refractivity contribution in [3.63, 3.8) is 0 Å². The van der Waals surface area contributed by atoms with E-state index in [2.05, 4.69) is 60.9 Å². The van der Waals surface area contributed by atoms with Gasteiger partial charge in [-0.25, -0.2) is 4.57 Å². The zero-order chi connectivity index (χ0) is 42.8. The topological polar surface area (TPSA) is 169 Å². The molecule has 0 aromatic heterocycles. The minimum atomic E-state index is -4.66. The average molecular weight is 837 g/mol. The van der Waals surface area contributed by atoms with Gasteiger partial charge in [0.05, 0.1) is 25.9 Å². The van der Waals surface area contributed by atoms with Crippen LogP contribution < -0.4 is 0 Å². The van der Waals surface area contributed by atoms with Gasteiger partial charge < -0.3 is 29.7 Å². The molecule has 0 amide bonds. The lowest BCUT2D eigenvalue weighted by molar-refractivity contribution is -0.161. The van der Waals surface area contributed by atoms with Crippen molar-refractivity contribution in [2.75, 3.05) is 26.4 Å². The highest BCUT2D eigenvalue weighted by Gasteiger charge is 2.27. The van der Waals surface area contributed by atoms with Crippen LogP contribution in [0.1, 0.15) is 149 Å². The molecule has 0 saturated heterocycles. The fourth-order valence-corrected chi connectivity index (χ4v) is 5.98. The maximum atomic E-state index is 12.6. The summed E-state index contributed by atoms with van der Waals surface area (Å²) in [5, 5.41) is 28.4. The first-order valence-electron chi connectivity index (χ1n) is 21.7. The zero-order valence-electron chi connectivity index (χ0n) is 35.6. The summed E-state index contributed by atoms with van der Waals surface area (Å²) in [7, 11) is -4.66. The first-order chi connectivity index (χ1) is 28.1. The Bertz CT molecular complexity index is 1250. The summed E-state index contributed by atoms with van der Waals surface area (Å²) in [6.45, 7) is 2.12. The van der Waals surface area contributed by atoms with Crippen molar-refractivity contribution in [2.24, 2.45) is 0 Å². The van der Waals surface area contributed by atoms with Gasteiger partial charge in [-0.15, -0.1) is 0 Å². The lowest BCUT2D eigenvalue weighted by Gasteiger charge is -2.20. The molecule has 0 aliphatic heterocycles. The number of hydrogen-bond donors (Lipinski definition) is 4. The van der Waals surface area contributed by atoms with E-state index in [0.717, 1.165) is 51.4 Å². The third kappa shape index (κ3) is 39.9. The number of rotatable bonds is 39. The van der Waals surface area contributed by atoms with Gasteiger partial charge in [0.1, 0.15) is 12.7 Å². The molecule has 0 aromatic carbocycles. The monoisotopic (exact) mass is 837 g/mol. The van der Waals surface area contributed by atoms with Crippen molar-refractivity contribution in [3.8, 4) is 0 Å². The van der Waals surface area contributed by atoms with Crippen molar-refractivity contribution < 1.29 is 52.9 Å². The van der Waals surface area contributed by atoms with Gasteiger partial charge in [-0.1, -0.05) is 137 Å². The first-order valence-corrected chi connectivity index (χ1v) is 23.1. The van der Waals surface area contributed by atoms with Crippen LogP contribution in [0.25, 0.3) is 0 Å². The number of phosphoric ester groups is 1. The Morgan fingerprint density at radius 1 is 0.586 bits per heavy atom. The summed E-state index contributed by atoms with van der Waals surface area (Å²) >= 11 is 0. The van der Waals surface area contributed by atoms with Crippen LogP contribution in [-0.4, -0.2) is 76.9 Å². The molecule has 0 radical (unpaired) electrons. The average Bonchev–Trinajstić information content (AvgIpc) is 3.21. The van der Waals surface area contributed by atoms with E-state index >= 15 is 0 Å². The van der Waals surface area contributed by atoms with Crippen LogP contribution in [0.3, 0.4) is 0 Å². The van der Waals surface area contributed by atoms with Crippen molar-refractivity contribution in [3.05, 3.63) is 85.1 Å². The van der Waals surface area contributed by atoms with Crippen LogP contribution in [0.4, 0.5) is 0 Å². The summed E-state index contributed by atoms with van der Waals surface area (Å²) in [5.74, 6) is -1.07. The summed E-state index contributed by atoms with van der Waals surface area (Å²) in [6.07, 6.45) is 44.3.